The third-order valence-electron chi connectivity index (χ3n) is 6.80. The molecule has 2 aliphatic rings. The molecule has 2 aromatic rings. The fourth-order valence-electron chi connectivity index (χ4n) is 5.04. The van der Waals surface area contributed by atoms with Gasteiger partial charge in [0, 0.05) is 17.4 Å². The second-order valence-corrected chi connectivity index (χ2v) is 11.1. The lowest BCUT2D eigenvalue weighted by molar-refractivity contribution is 0.0118. The molecule has 178 valence electrons. The highest BCUT2D eigenvalue weighted by molar-refractivity contribution is 7.87. The Morgan fingerprint density at radius 3 is 2.58 bits per heavy atom. The summed E-state index contributed by atoms with van der Waals surface area (Å²) in [6.45, 7) is 6.43. The molecular formula is C27H34O5S. The molecule has 1 aliphatic heterocycles. The lowest BCUT2D eigenvalue weighted by Gasteiger charge is -2.46. The van der Waals surface area contributed by atoms with Gasteiger partial charge in [0.25, 0.3) is 0 Å². The fourth-order valence-corrected chi connectivity index (χ4v) is 5.98. The van der Waals surface area contributed by atoms with Gasteiger partial charge < -0.3 is 13.7 Å². The number of aryl methyl sites for hydroxylation is 1. The molecule has 0 saturated heterocycles. The van der Waals surface area contributed by atoms with Gasteiger partial charge in [-0.3, -0.25) is 0 Å². The van der Waals surface area contributed by atoms with Crippen LogP contribution >= 0.6 is 0 Å². The first-order chi connectivity index (χ1) is 15.7. The van der Waals surface area contributed by atoms with Gasteiger partial charge in [-0.25, -0.2) is 0 Å². The average Bonchev–Trinajstić information content (AvgIpc) is 2.78. The van der Waals surface area contributed by atoms with E-state index in [0.717, 1.165) is 55.4 Å². The average molecular weight is 471 g/mol. The molecule has 0 bridgehead atoms. The molecule has 6 heteroatoms. The van der Waals surface area contributed by atoms with Crippen molar-refractivity contribution in [3.05, 3.63) is 59.7 Å². The van der Waals surface area contributed by atoms with E-state index in [9.17, 15) is 8.42 Å². The Morgan fingerprint density at radius 2 is 1.88 bits per heavy atom. The molecule has 0 fully saturated rings. The molecule has 1 aliphatic carbocycles. The standard InChI is InChI=1S/C27H34O5S/c1-5-6-7-10-19-17-24-26(22-11-8-9-12-23(22)27(2,3)31-24)25(18-19)32-33(28,29)21-15-13-20(30-4)14-16-21/h8,11,13-18,22-23H,5-7,9-10,12H2,1-4H3. The molecular weight excluding hydrogens is 436 g/mol. The Morgan fingerprint density at radius 1 is 1.12 bits per heavy atom. The van der Waals surface area contributed by atoms with E-state index in [2.05, 4.69) is 39.0 Å². The molecule has 0 aromatic heterocycles. The number of rotatable bonds is 8. The fraction of sp³-hybridized carbons (Fsp3) is 0.481. The van der Waals surface area contributed by atoms with E-state index in [1.807, 2.05) is 6.07 Å². The van der Waals surface area contributed by atoms with E-state index in [-0.39, 0.29) is 22.3 Å². The van der Waals surface area contributed by atoms with Crippen LogP contribution in [0.25, 0.3) is 0 Å². The Bertz CT molecular complexity index is 1120. The second-order valence-electron chi connectivity index (χ2n) is 9.52. The SMILES string of the molecule is CCCCCc1cc2c(c(OS(=O)(=O)c3ccc(OC)cc3)c1)C1C=CCCC1C(C)(C)O2. The summed E-state index contributed by atoms with van der Waals surface area (Å²) in [6, 6.07) is 10.2. The third-order valence-corrected chi connectivity index (χ3v) is 8.05. The Hall–Kier alpha value is -2.47. The molecule has 33 heavy (non-hydrogen) atoms. The normalized spacial score (nSPS) is 21.0. The molecule has 1 heterocycles. The molecule has 0 amide bonds. The monoisotopic (exact) mass is 470 g/mol. The molecule has 0 saturated carbocycles. The minimum atomic E-state index is -4.02. The number of unbranched alkanes of at least 4 members (excludes halogenated alkanes) is 2. The van der Waals surface area contributed by atoms with Gasteiger partial charge in [0.2, 0.25) is 0 Å². The molecule has 5 nitrogen and oxygen atoms in total. The molecule has 0 spiro atoms. The first-order valence-electron chi connectivity index (χ1n) is 11.9. The van der Waals surface area contributed by atoms with Crippen molar-refractivity contribution in [1.29, 1.82) is 0 Å². The summed E-state index contributed by atoms with van der Waals surface area (Å²) in [7, 11) is -2.47. The third kappa shape index (κ3) is 4.91. The minimum Gasteiger partial charge on any atom is -0.497 e. The number of methoxy groups -OCH3 is 1. The van der Waals surface area contributed by atoms with Crippen LogP contribution in [0.1, 0.15) is 69.9 Å². The first-order valence-corrected chi connectivity index (χ1v) is 13.3. The predicted octanol–water partition coefficient (Wildman–Crippen LogP) is 6.42. The van der Waals surface area contributed by atoms with E-state index >= 15 is 0 Å². The smallest absolute Gasteiger partial charge is 0.339 e. The molecule has 0 N–H and O–H groups in total. The molecule has 4 rings (SSSR count). The quantitative estimate of drug-likeness (QED) is 0.253. The van der Waals surface area contributed by atoms with E-state index < -0.39 is 10.1 Å². The number of benzene rings is 2. The zero-order valence-electron chi connectivity index (χ0n) is 20.0. The van der Waals surface area contributed by atoms with Crippen LogP contribution < -0.4 is 13.7 Å². The summed E-state index contributed by atoms with van der Waals surface area (Å²) in [5.41, 5.74) is 1.54. The molecule has 2 atom stereocenters. The van der Waals surface area contributed by atoms with Crippen molar-refractivity contribution >= 4 is 10.1 Å². The lowest BCUT2D eigenvalue weighted by Crippen LogP contribution is -2.45. The van der Waals surface area contributed by atoms with E-state index in [4.69, 9.17) is 13.7 Å². The van der Waals surface area contributed by atoms with Crippen LogP contribution in [0.2, 0.25) is 0 Å². The van der Waals surface area contributed by atoms with E-state index in [1.54, 1.807) is 19.2 Å². The highest BCUT2D eigenvalue weighted by Crippen LogP contribution is 2.53. The topological polar surface area (TPSA) is 61.8 Å². The highest BCUT2D eigenvalue weighted by Gasteiger charge is 2.45. The summed E-state index contributed by atoms with van der Waals surface area (Å²) in [4.78, 5) is 0.0984. The van der Waals surface area contributed by atoms with Gasteiger partial charge in [-0.2, -0.15) is 8.42 Å². The van der Waals surface area contributed by atoms with Gasteiger partial charge in [-0.15, -0.1) is 0 Å². The van der Waals surface area contributed by atoms with Crippen LogP contribution in [-0.4, -0.2) is 21.1 Å². The Balaban J connectivity index is 1.78. The number of allylic oxidation sites excluding steroid dienone is 2. The van der Waals surface area contributed by atoms with Crippen molar-refractivity contribution in [1.82, 2.24) is 0 Å². The van der Waals surface area contributed by atoms with Crippen molar-refractivity contribution in [3.8, 4) is 17.2 Å². The van der Waals surface area contributed by atoms with Gasteiger partial charge in [0.1, 0.15) is 22.0 Å². The molecule has 2 aromatic carbocycles. The van der Waals surface area contributed by atoms with Gasteiger partial charge >= 0.3 is 10.1 Å². The van der Waals surface area contributed by atoms with Crippen molar-refractivity contribution in [2.24, 2.45) is 5.92 Å². The predicted molar refractivity (Wildman–Crippen MR) is 130 cm³/mol. The Kier molecular flexibility index (Phi) is 6.76. The minimum absolute atomic E-state index is 0.0586. The van der Waals surface area contributed by atoms with Crippen LogP contribution in [0, 0.1) is 5.92 Å². The van der Waals surface area contributed by atoms with Crippen LogP contribution in [-0.2, 0) is 16.5 Å². The summed E-state index contributed by atoms with van der Waals surface area (Å²) in [5, 5.41) is 0. The summed E-state index contributed by atoms with van der Waals surface area (Å²) >= 11 is 0. The van der Waals surface area contributed by atoms with Crippen molar-refractivity contribution in [3.63, 3.8) is 0 Å². The maximum atomic E-state index is 13.2. The van der Waals surface area contributed by atoms with Crippen molar-refractivity contribution in [2.75, 3.05) is 7.11 Å². The van der Waals surface area contributed by atoms with E-state index in [1.165, 1.54) is 12.1 Å². The van der Waals surface area contributed by atoms with Crippen LogP contribution in [0.5, 0.6) is 17.2 Å². The van der Waals surface area contributed by atoms with Crippen molar-refractivity contribution in [2.45, 2.75) is 75.7 Å². The first kappa shape index (κ1) is 23.7. The van der Waals surface area contributed by atoms with Gasteiger partial charge in [-0.05, 0) is 81.5 Å². The maximum absolute atomic E-state index is 13.2. The van der Waals surface area contributed by atoms with Gasteiger partial charge in [-0.1, -0.05) is 31.9 Å². The largest absolute Gasteiger partial charge is 0.497 e. The highest BCUT2D eigenvalue weighted by atomic mass is 32.2. The summed E-state index contributed by atoms with van der Waals surface area (Å²) in [6.07, 6.45) is 10.5. The molecule has 0 radical (unpaired) electrons. The van der Waals surface area contributed by atoms with E-state index in [0.29, 0.717) is 11.5 Å². The maximum Gasteiger partial charge on any atom is 0.339 e. The van der Waals surface area contributed by atoms with Gasteiger partial charge in [0.05, 0.1) is 7.11 Å². The second kappa shape index (κ2) is 9.41. The van der Waals surface area contributed by atoms with Gasteiger partial charge in [0.15, 0.2) is 5.75 Å². The van der Waals surface area contributed by atoms with Crippen molar-refractivity contribution < 1.29 is 22.1 Å². The zero-order chi connectivity index (χ0) is 23.6. The zero-order valence-corrected chi connectivity index (χ0v) is 20.8. The van der Waals surface area contributed by atoms with Crippen LogP contribution in [0.15, 0.2) is 53.4 Å². The molecule has 2 unspecified atom stereocenters. The number of hydrogen-bond acceptors (Lipinski definition) is 5. The van der Waals surface area contributed by atoms with Crippen LogP contribution in [0.3, 0.4) is 0 Å². The van der Waals surface area contributed by atoms with Crippen LogP contribution in [0.4, 0.5) is 0 Å². The summed E-state index contributed by atoms with van der Waals surface area (Å²) < 4.78 is 43.9. The Labute approximate surface area is 197 Å². The number of ether oxygens (including phenoxy) is 2. The number of hydrogen-bond donors (Lipinski definition) is 0. The number of fused-ring (bicyclic) bond motifs is 3. The lowest BCUT2D eigenvalue weighted by atomic mass is 9.69. The summed E-state index contributed by atoms with van der Waals surface area (Å²) in [5.74, 6) is 2.03.